The van der Waals surface area contributed by atoms with Gasteiger partial charge in [-0.1, -0.05) is 55.0 Å². The zero-order valence-electron chi connectivity index (χ0n) is 16.8. The van der Waals surface area contributed by atoms with Crippen LogP contribution in [0.3, 0.4) is 0 Å². The standard InChI is InChI=1S/C22H24N4O3/c1-4-16(3)23-20(27)19-21(28)25(14-17-10-8-9-15(2)13-17)22(29)26(24-19)18-11-6-5-7-12-18/h5-13,16H,4,14H2,1-3H3,(H,23,27)/t16-/m0/s1. The number of para-hydroxylation sites is 1. The van der Waals surface area contributed by atoms with E-state index >= 15 is 0 Å². The molecule has 0 saturated heterocycles. The van der Waals surface area contributed by atoms with Crippen molar-refractivity contribution >= 4 is 5.91 Å². The fourth-order valence-electron chi connectivity index (χ4n) is 2.92. The summed E-state index contributed by atoms with van der Waals surface area (Å²) in [5.74, 6) is -0.591. The smallest absolute Gasteiger partial charge is 0.348 e. The third kappa shape index (κ3) is 4.51. The first-order valence-electron chi connectivity index (χ1n) is 9.56. The highest BCUT2D eigenvalue weighted by Gasteiger charge is 2.21. The van der Waals surface area contributed by atoms with Gasteiger partial charge in [-0.05, 0) is 38.0 Å². The molecule has 0 saturated carbocycles. The van der Waals surface area contributed by atoms with Gasteiger partial charge >= 0.3 is 5.69 Å². The zero-order valence-corrected chi connectivity index (χ0v) is 16.8. The van der Waals surface area contributed by atoms with E-state index in [1.54, 1.807) is 24.3 Å². The molecular weight excluding hydrogens is 368 g/mol. The molecule has 0 aliphatic carbocycles. The highest BCUT2D eigenvalue weighted by molar-refractivity contribution is 5.91. The molecule has 0 fully saturated rings. The molecule has 2 aromatic carbocycles. The molecule has 1 N–H and O–H groups in total. The van der Waals surface area contributed by atoms with Crippen LogP contribution in [0.5, 0.6) is 0 Å². The zero-order chi connectivity index (χ0) is 21.0. The number of nitrogens with zero attached hydrogens (tertiary/aromatic N) is 3. The minimum absolute atomic E-state index is 0.0539. The van der Waals surface area contributed by atoms with Gasteiger partial charge in [0.05, 0.1) is 12.2 Å². The Kier molecular flexibility index (Phi) is 6.07. The monoisotopic (exact) mass is 392 g/mol. The lowest BCUT2D eigenvalue weighted by atomic mass is 10.1. The third-order valence-corrected chi connectivity index (χ3v) is 4.69. The number of aryl methyl sites for hydroxylation is 1. The van der Waals surface area contributed by atoms with Crippen LogP contribution in [0.25, 0.3) is 5.69 Å². The Bertz CT molecular complexity index is 1130. The van der Waals surface area contributed by atoms with E-state index in [1.165, 1.54) is 0 Å². The van der Waals surface area contributed by atoms with Crippen LogP contribution in [0.2, 0.25) is 0 Å². The van der Waals surface area contributed by atoms with Gasteiger partial charge < -0.3 is 5.32 Å². The molecule has 7 nitrogen and oxygen atoms in total. The van der Waals surface area contributed by atoms with Crippen molar-refractivity contribution in [2.45, 2.75) is 39.8 Å². The minimum atomic E-state index is -0.704. The van der Waals surface area contributed by atoms with Crippen molar-refractivity contribution in [1.82, 2.24) is 19.7 Å². The van der Waals surface area contributed by atoms with Crippen LogP contribution < -0.4 is 16.6 Å². The number of hydrogen-bond donors (Lipinski definition) is 1. The topological polar surface area (TPSA) is 86.0 Å². The number of amides is 1. The van der Waals surface area contributed by atoms with Gasteiger partial charge in [0.2, 0.25) is 5.69 Å². The second-order valence-electron chi connectivity index (χ2n) is 7.04. The summed E-state index contributed by atoms with van der Waals surface area (Å²) >= 11 is 0. The normalized spacial score (nSPS) is 11.8. The van der Waals surface area contributed by atoms with E-state index in [4.69, 9.17) is 0 Å². The molecule has 0 bridgehead atoms. The number of hydrogen-bond acceptors (Lipinski definition) is 4. The van der Waals surface area contributed by atoms with E-state index in [1.807, 2.05) is 51.1 Å². The van der Waals surface area contributed by atoms with Crippen molar-refractivity contribution in [3.63, 3.8) is 0 Å². The first-order chi connectivity index (χ1) is 13.9. The number of carbonyl (C=O) groups is 1. The van der Waals surface area contributed by atoms with Crippen molar-refractivity contribution < 1.29 is 4.79 Å². The van der Waals surface area contributed by atoms with Gasteiger partial charge in [0.25, 0.3) is 11.5 Å². The first-order valence-corrected chi connectivity index (χ1v) is 9.56. The van der Waals surface area contributed by atoms with E-state index in [9.17, 15) is 14.4 Å². The lowest BCUT2D eigenvalue weighted by Crippen LogP contribution is -2.47. The first kappa shape index (κ1) is 20.3. The lowest BCUT2D eigenvalue weighted by Gasteiger charge is -2.14. The molecule has 1 atom stereocenters. The second kappa shape index (κ2) is 8.68. The third-order valence-electron chi connectivity index (χ3n) is 4.69. The fraction of sp³-hybridized carbons (Fsp3) is 0.273. The Labute approximate surface area is 168 Å². The largest absolute Gasteiger partial charge is 0.352 e. The Morgan fingerprint density at radius 1 is 1.10 bits per heavy atom. The van der Waals surface area contributed by atoms with Crippen molar-refractivity contribution in [3.8, 4) is 5.69 Å². The molecule has 0 aliphatic rings. The van der Waals surface area contributed by atoms with Gasteiger partial charge in [0.15, 0.2) is 0 Å². The molecule has 1 aromatic heterocycles. The summed E-state index contributed by atoms with van der Waals surface area (Å²) in [5, 5.41) is 6.86. The highest BCUT2D eigenvalue weighted by Crippen LogP contribution is 2.06. The molecule has 1 amide bonds. The molecule has 150 valence electrons. The van der Waals surface area contributed by atoms with Gasteiger partial charge in [-0.15, -0.1) is 0 Å². The average Bonchev–Trinajstić information content (AvgIpc) is 2.71. The van der Waals surface area contributed by atoms with E-state index < -0.39 is 17.2 Å². The maximum atomic E-state index is 13.1. The molecule has 3 aromatic rings. The van der Waals surface area contributed by atoms with E-state index in [-0.39, 0.29) is 18.3 Å². The summed E-state index contributed by atoms with van der Waals surface area (Å²) in [4.78, 5) is 38.8. The van der Waals surface area contributed by atoms with Crippen LogP contribution in [0.1, 0.15) is 41.9 Å². The Hall–Kier alpha value is -3.48. The Morgan fingerprint density at radius 2 is 1.83 bits per heavy atom. The number of aromatic nitrogens is 3. The molecule has 1 heterocycles. The molecule has 0 spiro atoms. The Balaban J connectivity index is 2.18. The number of nitrogens with one attached hydrogen (secondary N) is 1. The quantitative estimate of drug-likeness (QED) is 0.697. The van der Waals surface area contributed by atoms with E-state index in [0.29, 0.717) is 12.1 Å². The summed E-state index contributed by atoms with van der Waals surface area (Å²) in [6.07, 6.45) is 0.710. The summed E-state index contributed by atoms with van der Waals surface area (Å²) in [7, 11) is 0. The summed E-state index contributed by atoms with van der Waals surface area (Å²) in [5.41, 5.74) is 0.688. The van der Waals surface area contributed by atoms with Crippen molar-refractivity contribution in [3.05, 3.63) is 92.3 Å². The van der Waals surface area contributed by atoms with E-state index in [2.05, 4.69) is 10.4 Å². The van der Waals surface area contributed by atoms with Gasteiger partial charge in [0.1, 0.15) is 0 Å². The second-order valence-corrected chi connectivity index (χ2v) is 7.04. The van der Waals surface area contributed by atoms with Crippen LogP contribution in [0.15, 0.2) is 64.2 Å². The molecule has 29 heavy (non-hydrogen) atoms. The summed E-state index contributed by atoms with van der Waals surface area (Å²) in [6, 6.07) is 16.2. The number of carbonyl (C=O) groups excluding carboxylic acids is 1. The summed E-state index contributed by atoms with van der Waals surface area (Å²) in [6.45, 7) is 5.76. The predicted octanol–water partition coefficient (Wildman–Crippen LogP) is 2.28. The molecule has 0 aliphatic heterocycles. The molecular formula is C22H24N4O3. The van der Waals surface area contributed by atoms with Crippen molar-refractivity contribution in [2.24, 2.45) is 0 Å². The molecule has 0 unspecified atom stereocenters. The van der Waals surface area contributed by atoms with Crippen LogP contribution in [0, 0.1) is 6.92 Å². The van der Waals surface area contributed by atoms with Crippen molar-refractivity contribution in [1.29, 1.82) is 0 Å². The van der Waals surface area contributed by atoms with Gasteiger partial charge in [-0.2, -0.15) is 9.78 Å². The van der Waals surface area contributed by atoms with Crippen LogP contribution >= 0.6 is 0 Å². The number of benzene rings is 2. The maximum absolute atomic E-state index is 13.1. The van der Waals surface area contributed by atoms with Crippen LogP contribution in [-0.4, -0.2) is 26.3 Å². The number of rotatable bonds is 6. The fourth-order valence-corrected chi connectivity index (χ4v) is 2.92. The van der Waals surface area contributed by atoms with E-state index in [0.717, 1.165) is 20.4 Å². The van der Waals surface area contributed by atoms with Gasteiger partial charge in [-0.25, -0.2) is 4.79 Å². The summed E-state index contributed by atoms with van der Waals surface area (Å²) < 4.78 is 2.16. The SMILES string of the molecule is CC[C@H](C)NC(=O)c1nn(-c2ccccc2)c(=O)n(Cc2cccc(C)c2)c1=O. The lowest BCUT2D eigenvalue weighted by molar-refractivity contribution is 0.0929. The molecule has 7 heteroatoms. The van der Waals surface area contributed by atoms with Crippen LogP contribution in [-0.2, 0) is 6.54 Å². The van der Waals surface area contributed by atoms with Crippen LogP contribution in [0.4, 0.5) is 0 Å². The molecule has 0 radical (unpaired) electrons. The van der Waals surface area contributed by atoms with Gasteiger partial charge in [0, 0.05) is 6.04 Å². The Morgan fingerprint density at radius 3 is 2.48 bits per heavy atom. The molecule has 3 rings (SSSR count). The maximum Gasteiger partial charge on any atom is 0.352 e. The highest BCUT2D eigenvalue weighted by atomic mass is 16.2. The average molecular weight is 392 g/mol. The predicted molar refractivity (Wildman–Crippen MR) is 112 cm³/mol. The van der Waals surface area contributed by atoms with Crippen molar-refractivity contribution in [2.75, 3.05) is 0 Å². The minimum Gasteiger partial charge on any atom is -0.348 e. The van der Waals surface area contributed by atoms with Gasteiger partial charge in [-0.3, -0.25) is 14.2 Å².